The van der Waals surface area contributed by atoms with Gasteiger partial charge in [0.25, 0.3) is 11.7 Å². The first-order chi connectivity index (χ1) is 27.5. The van der Waals surface area contributed by atoms with Crippen molar-refractivity contribution in [3.8, 4) is 0 Å². The standard InChI is InChI=1S/C45H71NO12/c1-10-13-32-21-27(3)20-26(2)15-18-37(54-7)41-39(56-9)23-29(5)45(53,58-41)42(50)43(51)46-19-12-11-14-33(46)44(52)57-40(30(6)35(48)25-36(32)49)28(4)22-31-16-17-34(47)38(24-31)55-8/h10,21-22,26,29-35,37-41,47-48,53H,1,11-20,23-25H2,2-9H3/b27-21+,28-22+. The molecular formula is C45H71NO12. The second kappa shape index (κ2) is 21.7. The molecule has 2 saturated heterocycles. The van der Waals surface area contributed by atoms with Crippen LogP contribution in [0.4, 0.5) is 0 Å². The number of carbonyl (C=O) groups is 4. The SMILES string of the molecule is C=CCC1/C=C(\C)CC(C)CCC(OC)C2OC(O)(C(=O)C(=O)N3CCCCC3C(=O)OC(/C(C)=C/C3CCC(O)C(OC)C3)C(C)C(O)CC1=O)C(C)CC2OC. The van der Waals surface area contributed by atoms with E-state index in [1.807, 2.05) is 26.0 Å². The summed E-state index contributed by atoms with van der Waals surface area (Å²) < 4.78 is 29.8. The first-order valence-corrected chi connectivity index (χ1v) is 21.4. The van der Waals surface area contributed by atoms with Crippen molar-refractivity contribution in [1.29, 1.82) is 0 Å². The van der Waals surface area contributed by atoms with Crippen molar-refractivity contribution in [2.24, 2.45) is 29.6 Å². The van der Waals surface area contributed by atoms with Gasteiger partial charge in [0.2, 0.25) is 5.79 Å². The van der Waals surface area contributed by atoms with E-state index in [0.717, 1.165) is 5.57 Å². The number of Topliss-reactive ketones (excluding diaryl/α,β-unsaturated/α-hetero) is 2. The van der Waals surface area contributed by atoms with Crippen LogP contribution in [0.5, 0.6) is 0 Å². The number of cyclic esters (lactones) is 1. The lowest BCUT2D eigenvalue weighted by molar-refractivity contribution is -0.302. The van der Waals surface area contributed by atoms with Gasteiger partial charge in [-0.25, -0.2) is 4.79 Å². The Morgan fingerprint density at radius 2 is 1.60 bits per heavy atom. The highest BCUT2D eigenvalue weighted by Gasteiger charge is 2.56. The third kappa shape index (κ3) is 11.5. The van der Waals surface area contributed by atoms with Gasteiger partial charge in [0.1, 0.15) is 24.0 Å². The van der Waals surface area contributed by atoms with Gasteiger partial charge in [0.15, 0.2) is 0 Å². The molecule has 0 radical (unpaired) electrons. The van der Waals surface area contributed by atoms with Gasteiger partial charge < -0.3 is 43.9 Å². The maximum Gasteiger partial charge on any atom is 0.329 e. The third-order valence-corrected chi connectivity index (χ3v) is 13.2. The van der Waals surface area contributed by atoms with Crippen molar-refractivity contribution >= 4 is 23.4 Å². The van der Waals surface area contributed by atoms with E-state index in [1.54, 1.807) is 27.0 Å². The van der Waals surface area contributed by atoms with Crippen molar-refractivity contribution in [2.75, 3.05) is 27.9 Å². The number of aliphatic hydroxyl groups excluding tert-OH is 2. The summed E-state index contributed by atoms with van der Waals surface area (Å²) >= 11 is 0. The summed E-state index contributed by atoms with van der Waals surface area (Å²) in [4.78, 5) is 57.9. The lowest BCUT2D eigenvalue weighted by Crippen LogP contribution is -2.64. The second-order valence-corrected chi connectivity index (χ2v) is 17.6. The predicted molar refractivity (Wildman–Crippen MR) is 217 cm³/mol. The number of fused-ring (bicyclic) bond motifs is 3. The molecular weight excluding hydrogens is 746 g/mol. The molecule has 13 nitrogen and oxygen atoms in total. The highest BCUT2D eigenvalue weighted by atomic mass is 16.7. The normalized spacial score (nSPS) is 40.7. The van der Waals surface area contributed by atoms with E-state index >= 15 is 0 Å². The summed E-state index contributed by atoms with van der Waals surface area (Å²) in [6, 6.07) is -1.14. The molecule has 0 aromatic carbocycles. The zero-order chi connectivity index (χ0) is 42.9. The van der Waals surface area contributed by atoms with Crippen molar-refractivity contribution < 1.29 is 58.2 Å². The molecule has 3 aliphatic heterocycles. The molecule has 328 valence electrons. The molecule has 1 saturated carbocycles. The van der Waals surface area contributed by atoms with Crippen LogP contribution in [-0.2, 0) is 42.9 Å². The highest BCUT2D eigenvalue weighted by molar-refractivity contribution is 6.39. The Kier molecular flexibility index (Phi) is 17.9. The Morgan fingerprint density at radius 3 is 2.26 bits per heavy atom. The second-order valence-electron chi connectivity index (χ2n) is 17.6. The molecule has 14 unspecified atom stereocenters. The van der Waals surface area contributed by atoms with Crippen LogP contribution >= 0.6 is 0 Å². The predicted octanol–water partition coefficient (Wildman–Crippen LogP) is 5.03. The Morgan fingerprint density at radius 1 is 0.914 bits per heavy atom. The van der Waals surface area contributed by atoms with Gasteiger partial charge in [-0.15, -0.1) is 6.58 Å². The lowest BCUT2D eigenvalue weighted by atomic mass is 9.81. The van der Waals surface area contributed by atoms with Crippen LogP contribution < -0.4 is 0 Å². The maximum atomic E-state index is 14.3. The molecule has 4 aliphatic rings. The van der Waals surface area contributed by atoms with Crippen molar-refractivity contribution in [3.05, 3.63) is 36.0 Å². The summed E-state index contributed by atoms with van der Waals surface area (Å²) in [6.45, 7) is 13.2. The summed E-state index contributed by atoms with van der Waals surface area (Å²) in [6.07, 6.45) is 5.94. The molecule has 3 fully saturated rings. The van der Waals surface area contributed by atoms with E-state index < -0.39 is 83.9 Å². The third-order valence-electron chi connectivity index (χ3n) is 13.2. The fourth-order valence-electron chi connectivity index (χ4n) is 9.55. The van der Waals surface area contributed by atoms with Gasteiger partial charge in [-0.05, 0) is 102 Å². The number of ketones is 2. The van der Waals surface area contributed by atoms with E-state index in [0.29, 0.717) is 63.4 Å². The van der Waals surface area contributed by atoms with Crippen LogP contribution in [0.1, 0.15) is 112 Å². The Bertz CT molecular complexity index is 1500. The number of hydrogen-bond acceptors (Lipinski definition) is 12. The number of ether oxygens (including phenoxy) is 5. The number of esters is 1. The lowest BCUT2D eigenvalue weighted by Gasteiger charge is -2.46. The molecule has 0 aromatic rings. The number of carbonyl (C=O) groups excluding carboxylic acids is 4. The molecule has 1 amide bonds. The summed E-state index contributed by atoms with van der Waals surface area (Å²) in [5, 5.41) is 34.2. The number of aliphatic hydroxyl groups is 3. The summed E-state index contributed by atoms with van der Waals surface area (Å²) in [5.74, 6) is -7.53. The number of rotatable bonds is 7. The van der Waals surface area contributed by atoms with Gasteiger partial charge in [-0.1, -0.05) is 44.6 Å². The Hall–Kier alpha value is -2.78. The number of hydrogen-bond donors (Lipinski definition) is 3. The van der Waals surface area contributed by atoms with Gasteiger partial charge in [0, 0.05) is 52.0 Å². The minimum absolute atomic E-state index is 0.0114. The first kappa shape index (κ1) is 47.9. The van der Waals surface area contributed by atoms with Crippen molar-refractivity contribution in [3.63, 3.8) is 0 Å². The number of methoxy groups -OCH3 is 3. The molecule has 2 bridgehead atoms. The van der Waals surface area contributed by atoms with Crippen molar-refractivity contribution in [2.45, 2.75) is 166 Å². The Labute approximate surface area is 345 Å². The molecule has 0 spiro atoms. The molecule has 13 heteroatoms. The quantitative estimate of drug-likeness (QED) is 0.178. The first-order valence-electron chi connectivity index (χ1n) is 21.4. The van der Waals surface area contributed by atoms with Crippen LogP contribution in [0.3, 0.4) is 0 Å². The van der Waals surface area contributed by atoms with Crippen LogP contribution in [0.15, 0.2) is 36.0 Å². The summed E-state index contributed by atoms with van der Waals surface area (Å²) in [7, 11) is 4.63. The van der Waals surface area contributed by atoms with Crippen LogP contribution in [-0.4, -0.2) is 126 Å². The smallest absolute Gasteiger partial charge is 0.329 e. The molecule has 1 aliphatic carbocycles. The fourth-order valence-corrected chi connectivity index (χ4v) is 9.55. The van der Waals surface area contributed by atoms with Gasteiger partial charge in [0.05, 0.1) is 30.5 Å². The van der Waals surface area contributed by atoms with Crippen molar-refractivity contribution in [1.82, 2.24) is 4.90 Å². The minimum atomic E-state index is -2.50. The topological polar surface area (TPSA) is 178 Å². The van der Waals surface area contributed by atoms with E-state index in [-0.39, 0.29) is 49.5 Å². The average Bonchev–Trinajstić information content (AvgIpc) is 3.20. The monoisotopic (exact) mass is 817 g/mol. The van der Waals surface area contributed by atoms with Gasteiger partial charge in [-0.2, -0.15) is 0 Å². The Balaban J connectivity index is 1.76. The number of piperidine rings is 1. The summed E-state index contributed by atoms with van der Waals surface area (Å²) in [5.41, 5.74) is 1.66. The van der Waals surface area contributed by atoms with Crippen LogP contribution in [0, 0.1) is 29.6 Å². The number of allylic oxidation sites excluding steroid dienone is 4. The van der Waals surface area contributed by atoms with E-state index in [9.17, 15) is 34.5 Å². The van der Waals surface area contributed by atoms with E-state index in [2.05, 4.69) is 13.5 Å². The van der Waals surface area contributed by atoms with E-state index in [1.165, 1.54) is 19.1 Å². The molecule has 3 N–H and O–H groups in total. The average molecular weight is 818 g/mol. The van der Waals surface area contributed by atoms with Crippen LogP contribution in [0.2, 0.25) is 0 Å². The fraction of sp³-hybridized carbons (Fsp3) is 0.778. The zero-order valence-electron chi connectivity index (χ0n) is 36.1. The minimum Gasteiger partial charge on any atom is -0.456 e. The zero-order valence-corrected chi connectivity index (χ0v) is 36.1. The molecule has 58 heavy (non-hydrogen) atoms. The van der Waals surface area contributed by atoms with Gasteiger partial charge in [-0.3, -0.25) is 14.4 Å². The molecule has 3 heterocycles. The van der Waals surface area contributed by atoms with E-state index in [4.69, 9.17) is 23.7 Å². The number of amides is 1. The molecule has 14 atom stereocenters. The molecule has 4 rings (SSSR count). The molecule has 0 aromatic heterocycles. The highest BCUT2D eigenvalue weighted by Crippen LogP contribution is 2.39. The largest absolute Gasteiger partial charge is 0.456 e. The number of nitrogens with zero attached hydrogens (tertiary/aromatic N) is 1. The van der Waals surface area contributed by atoms with Gasteiger partial charge >= 0.3 is 5.97 Å². The van der Waals surface area contributed by atoms with Crippen LogP contribution in [0.25, 0.3) is 0 Å². The maximum absolute atomic E-state index is 14.3.